The van der Waals surface area contributed by atoms with E-state index in [9.17, 15) is 9.59 Å². The zero-order valence-corrected chi connectivity index (χ0v) is 10.8. The number of nitrogens with one attached hydrogen (secondary N) is 1. The lowest BCUT2D eigenvalue weighted by Gasteiger charge is -2.17. The van der Waals surface area contributed by atoms with Gasteiger partial charge in [-0.1, -0.05) is 0 Å². The van der Waals surface area contributed by atoms with Gasteiger partial charge in [0.05, 0.1) is 0 Å². The molecule has 1 aliphatic carbocycles. The second-order valence-electron chi connectivity index (χ2n) is 4.45. The van der Waals surface area contributed by atoms with Crippen LogP contribution >= 0.6 is 11.8 Å². The first-order valence-electron chi connectivity index (χ1n) is 5.82. The summed E-state index contributed by atoms with van der Waals surface area (Å²) in [6, 6.07) is -0.688. The van der Waals surface area contributed by atoms with Crippen LogP contribution in [0.3, 0.4) is 0 Å². The largest absolute Gasteiger partial charge is 0.480 e. The molecule has 1 rings (SSSR count). The highest BCUT2D eigenvalue weighted by Gasteiger charge is 2.30. The number of carboxylic acid groups (broad SMARTS) is 1. The molecule has 0 aromatic carbocycles. The Bertz CT molecular complexity index is 286. The molecule has 5 nitrogen and oxygen atoms in total. The molecule has 0 radical (unpaired) electrons. The van der Waals surface area contributed by atoms with Gasteiger partial charge in [-0.3, -0.25) is 4.79 Å². The van der Waals surface area contributed by atoms with Crippen molar-refractivity contribution in [1.29, 1.82) is 0 Å². The van der Waals surface area contributed by atoms with Crippen molar-refractivity contribution in [3.05, 3.63) is 0 Å². The third-order valence-corrected chi connectivity index (χ3v) is 3.71. The van der Waals surface area contributed by atoms with Crippen molar-refractivity contribution in [3.8, 4) is 0 Å². The molecule has 0 aliphatic heterocycles. The Morgan fingerprint density at radius 3 is 2.71 bits per heavy atom. The van der Waals surface area contributed by atoms with Crippen molar-refractivity contribution >= 4 is 23.6 Å². The summed E-state index contributed by atoms with van der Waals surface area (Å²) in [5.41, 5.74) is 5.73. The van der Waals surface area contributed by atoms with Crippen LogP contribution in [-0.2, 0) is 9.59 Å². The van der Waals surface area contributed by atoms with E-state index < -0.39 is 12.0 Å². The van der Waals surface area contributed by atoms with Crippen molar-refractivity contribution in [2.24, 2.45) is 11.7 Å². The molecular weight excluding hydrogens is 240 g/mol. The smallest absolute Gasteiger partial charge is 0.326 e. The predicted octanol–water partition coefficient (Wildman–Crippen LogP) is 0.436. The predicted molar refractivity (Wildman–Crippen MR) is 67.9 cm³/mol. The normalized spacial score (nSPS) is 25.5. The first-order chi connectivity index (χ1) is 8.04. The molecule has 6 heteroatoms. The van der Waals surface area contributed by atoms with Crippen molar-refractivity contribution in [2.75, 3.05) is 12.0 Å². The Morgan fingerprint density at radius 2 is 2.24 bits per heavy atom. The summed E-state index contributed by atoms with van der Waals surface area (Å²) in [7, 11) is 0. The van der Waals surface area contributed by atoms with Crippen LogP contribution < -0.4 is 11.1 Å². The minimum atomic E-state index is -0.963. The number of rotatable bonds is 6. The maximum Gasteiger partial charge on any atom is 0.326 e. The van der Waals surface area contributed by atoms with E-state index in [2.05, 4.69) is 5.32 Å². The van der Waals surface area contributed by atoms with Crippen LogP contribution in [0.15, 0.2) is 0 Å². The molecule has 1 saturated carbocycles. The van der Waals surface area contributed by atoms with Crippen molar-refractivity contribution in [3.63, 3.8) is 0 Å². The first kappa shape index (κ1) is 14.3. The summed E-state index contributed by atoms with van der Waals surface area (Å²) in [5, 5.41) is 11.6. The highest BCUT2D eigenvalue weighted by molar-refractivity contribution is 7.98. The van der Waals surface area contributed by atoms with Gasteiger partial charge in [0.1, 0.15) is 6.04 Å². The van der Waals surface area contributed by atoms with Crippen LogP contribution in [0.4, 0.5) is 0 Å². The third kappa shape index (κ3) is 4.55. The molecular formula is C11H20N2O3S. The van der Waals surface area contributed by atoms with Crippen LogP contribution in [-0.4, -0.2) is 41.1 Å². The number of carbonyl (C=O) groups excluding carboxylic acids is 1. The molecule has 3 atom stereocenters. The van der Waals surface area contributed by atoms with Crippen LogP contribution in [0.2, 0.25) is 0 Å². The number of thioether (sulfide) groups is 1. The molecule has 1 fully saturated rings. The second-order valence-corrected chi connectivity index (χ2v) is 5.44. The summed E-state index contributed by atoms with van der Waals surface area (Å²) in [6.07, 6.45) is 4.65. The molecule has 2 unspecified atom stereocenters. The SMILES string of the molecule is CSCC[C@H](NC(=O)C1CCC(N)C1)C(=O)O. The molecule has 17 heavy (non-hydrogen) atoms. The van der Waals surface area contributed by atoms with E-state index in [0.717, 1.165) is 18.6 Å². The maximum absolute atomic E-state index is 11.8. The van der Waals surface area contributed by atoms with Gasteiger partial charge in [0, 0.05) is 12.0 Å². The van der Waals surface area contributed by atoms with Crippen molar-refractivity contribution < 1.29 is 14.7 Å². The quantitative estimate of drug-likeness (QED) is 0.644. The molecule has 0 heterocycles. The van der Waals surface area contributed by atoms with Crippen molar-refractivity contribution in [1.82, 2.24) is 5.32 Å². The lowest BCUT2D eigenvalue weighted by Crippen LogP contribution is -2.43. The summed E-state index contributed by atoms with van der Waals surface area (Å²) in [6.45, 7) is 0. The number of nitrogens with two attached hydrogens (primary N) is 1. The van der Waals surface area contributed by atoms with E-state index >= 15 is 0 Å². The third-order valence-electron chi connectivity index (χ3n) is 3.07. The molecule has 4 N–H and O–H groups in total. The fraction of sp³-hybridized carbons (Fsp3) is 0.818. The second kappa shape index (κ2) is 6.86. The molecule has 0 bridgehead atoms. The van der Waals surface area contributed by atoms with Gasteiger partial charge in [0.25, 0.3) is 0 Å². The van der Waals surface area contributed by atoms with Gasteiger partial charge in [0.15, 0.2) is 0 Å². The molecule has 0 spiro atoms. The Hall–Kier alpha value is -0.750. The standard InChI is InChI=1S/C11H20N2O3S/c1-17-5-4-9(11(15)16)13-10(14)7-2-3-8(12)6-7/h7-9H,2-6,12H2,1H3,(H,13,14)(H,15,16)/t7?,8?,9-/m0/s1. The van der Waals surface area contributed by atoms with E-state index in [1.54, 1.807) is 11.8 Å². The fourth-order valence-corrected chi connectivity index (χ4v) is 2.51. The number of hydrogen-bond donors (Lipinski definition) is 3. The molecule has 0 saturated heterocycles. The summed E-state index contributed by atoms with van der Waals surface area (Å²) in [5.74, 6) is -0.510. The highest BCUT2D eigenvalue weighted by Crippen LogP contribution is 2.24. The molecule has 0 aromatic rings. The van der Waals surface area contributed by atoms with Crippen LogP contribution in [0.25, 0.3) is 0 Å². The van der Waals surface area contributed by atoms with E-state index in [1.807, 2.05) is 6.26 Å². The lowest BCUT2D eigenvalue weighted by atomic mass is 10.1. The van der Waals surface area contributed by atoms with E-state index in [4.69, 9.17) is 10.8 Å². The number of amides is 1. The molecule has 1 aliphatic rings. The van der Waals surface area contributed by atoms with Gasteiger partial charge >= 0.3 is 5.97 Å². The summed E-state index contributed by atoms with van der Waals surface area (Å²) in [4.78, 5) is 22.8. The maximum atomic E-state index is 11.8. The van der Waals surface area contributed by atoms with Gasteiger partial charge in [-0.15, -0.1) is 0 Å². The lowest BCUT2D eigenvalue weighted by molar-refractivity contribution is -0.142. The molecule has 1 amide bonds. The van der Waals surface area contributed by atoms with Gasteiger partial charge in [-0.2, -0.15) is 11.8 Å². The fourth-order valence-electron chi connectivity index (χ4n) is 2.04. The Morgan fingerprint density at radius 1 is 1.53 bits per heavy atom. The highest BCUT2D eigenvalue weighted by atomic mass is 32.2. The van der Waals surface area contributed by atoms with E-state index in [1.165, 1.54) is 0 Å². The zero-order chi connectivity index (χ0) is 12.8. The number of aliphatic carboxylic acids is 1. The minimum absolute atomic E-state index is 0.0835. The topological polar surface area (TPSA) is 92.4 Å². The van der Waals surface area contributed by atoms with Crippen LogP contribution in [0.1, 0.15) is 25.7 Å². The van der Waals surface area contributed by atoms with Gasteiger partial charge in [0.2, 0.25) is 5.91 Å². The number of carbonyl (C=O) groups is 2. The molecule has 0 aromatic heterocycles. The number of carboxylic acids is 1. The molecule has 98 valence electrons. The monoisotopic (exact) mass is 260 g/mol. The zero-order valence-electron chi connectivity index (χ0n) is 10.0. The van der Waals surface area contributed by atoms with Crippen LogP contribution in [0.5, 0.6) is 0 Å². The first-order valence-corrected chi connectivity index (χ1v) is 7.21. The van der Waals surface area contributed by atoms with Crippen LogP contribution in [0, 0.1) is 5.92 Å². The Balaban J connectivity index is 2.43. The van der Waals surface area contributed by atoms with E-state index in [-0.39, 0.29) is 17.9 Å². The summed E-state index contributed by atoms with van der Waals surface area (Å²) >= 11 is 1.57. The minimum Gasteiger partial charge on any atom is -0.480 e. The average molecular weight is 260 g/mol. The van der Waals surface area contributed by atoms with E-state index in [0.29, 0.717) is 12.8 Å². The van der Waals surface area contributed by atoms with Gasteiger partial charge in [-0.25, -0.2) is 4.79 Å². The van der Waals surface area contributed by atoms with Gasteiger partial charge < -0.3 is 16.2 Å². The van der Waals surface area contributed by atoms with Crippen molar-refractivity contribution in [2.45, 2.75) is 37.8 Å². The van der Waals surface area contributed by atoms with Gasteiger partial charge in [-0.05, 0) is 37.7 Å². The Kier molecular flexibility index (Phi) is 5.77. The summed E-state index contributed by atoms with van der Waals surface area (Å²) < 4.78 is 0. The number of hydrogen-bond acceptors (Lipinski definition) is 4. The Labute approximate surface area is 106 Å². The average Bonchev–Trinajstić information content (AvgIpc) is 2.70.